The van der Waals surface area contributed by atoms with Gasteiger partial charge in [-0.1, -0.05) is 11.8 Å². The van der Waals surface area contributed by atoms with E-state index in [1.807, 2.05) is 6.07 Å². The number of nitrogens with zero attached hydrogens (tertiary/aromatic N) is 1. The van der Waals surface area contributed by atoms with Crippen molar-refractivity contribution in [2.24, 2.45) is 5.73 Å². The van der Waals surface area contributed by atoms with E-state index < -0.39 is 5.82 Å². The number of nitriles is 1. The van der Waals surface area contributed by atoms with Crippen LogP contribution in [0.3, 0.4) is 0 Å². The Bertz CT molecular complexity index is 449. The molecule has 0 saturated carbocycles. The second-order valence-corrected chi connectivity index (χ2v) is 3.39. The first-order valence-electron chi connectivity index (χ1n) is 5.16. The second kappa shape index (κ2) is 6.61. The molecule has 16 heavy (non-hydrogen) atoms. The van der Waals surface area contributed by atoms with Crippen molar-refractivity contribution in [1.82, 2.24) is 0 Å². The van der Waals surface area contributed by atoms with Gasteiger partial charge in [-0.05, 0) is 37.6 Å². The maximum absolute atomic E-state index is 13.0. The molecular formula is C13H13FN2. The van der Waals surface area contributed by atoms with E-state index in [0.717, 1.165) is 19.3 Å². The molecule has 0 fully saturated rings. The van der Waals surface area contributed by atoms with Crippen LogP contribution in [0.25, 0.3) is 0 Å². The quantitative estimate of drug-likeness (QED) is 0.622. The highest BCUT2D eigenvalue weighted by Gasteiger charge is 1.97. The zero-order valence-electron chi connectivity index (χ0n) is 8.96. The molecule has 0 radical (unpaired) electrons. The Labute approximate surface area is 94.9 Å². The SMILES string of the molecule is N#Cc1cc(F)cc(C#CCCCCN)c1. The standard InChI is InChI=1S/C13H13FN2/c14-13-8-11(7-12(9-13)10-16)5-3-1-2-4-6-15/h7-9H,1-2,4,6,15H2. The third kappa shape index (κ3) is 4.13. The molecule has 0 bridgehead atoms. The number of rotatable bonds is 3. The third-order valence-corrected chi connectivity index (χ3v) is 2.02. The zero-order chi connectivity index (χ0) is 11.8. The summed E-state index contributed by atoms with van der Waals surface area (Å²) in [5, 5.41) is 8.65. The number of benzene rings is 1. The van der Waals surface area contributed by atoms with Gasteiger partial charge in [0.25, 0.3) is 0 Å². The Morgan fingerprint density at radius 1 is 1.19 bits per heavy atom. The molecule has 1 aromatic carbocycles. The summed E-state index contributed by atoms with van der Waals surface area (Å²) < 4.78 is 13.0. The molecule has 82 valence electrons. The van der Waals surface area contributed by atoms with Crippen molar-refractivity contribution in [1.29, 1.82) is 5.26 Å². The molecule has 0 aliphatic heterocycles. The molecule has 2 nitrogen and oxygen atoms in total. The Morgan fingerprint density at radius 2 is 1.94 bits per heavy atom. The van der Waals surface area contributed by atoms with Gasteiger partial charge in [-0.25, -0.2) is 4.39 Å². The largest absolute Gasteiger partial charge is 0.330 e. The molecule has 0 spiro atoms. The van der Waals surface area contributed by atoms with E-state index in [1.165, 1.54) is 12.1 Å². The number of hydrogen-bond acceptors (Lipinski definition) is 2. The minimum Gasteiger partial charge on any atom is -0.330 e. The predicted octanol–water partition coefficient (Wildman–Crippen LogP) is 2.18. The van der Waals surface area contributed by atoms with Gasteiger partial charge in [-0.2, -0.15) is 5.26 Å². The normalized spacial score (nSPS) is 9.06. The van der Waals surface area contributed by atoms with Crippen molar-refractivity contribution < 1.29 is 4.39 Å². The molecule has 0 atom stereocenters. The second-order valence-electron chi connectivity index (χ2n) is 3.39. The number of unbranched alkanes of at least 4 members (excludes halogenated alkanes) is 2. The topological polar surface area (TPSA) is 49.8 Å². The summed E-state index contributed by atoms with van der Waals surface area (Å²) in [6.07, 6.45) is 2.64. The minimum atomic E-state index is -0.426. The van der Waals surface area contributed by atoms with Crippen molar-refractivity contribution in [2.75, 3.05) is 6.54 Å². The summed E-state index contributed by atoms with van der Waals surface area (Å²) >= 11 is 0. The van der Waals surface area contributed by atoms with E-state index in [-0.39, 0.29) is 0 Å². The fourth-order valence-electron chi connectivity index (χ4n) is 1.25. The van der Waals surface area contributed by atoms with Crippen molar-refractivity contribution in [3.63, 3.8) is 0 Å². The maximum atomic E-state index is 13.0. The predicted molar refractivity (Wildman–Crippen MR) is 60.9 cm³/mol. The van der Waals surface area contributed by atoms with Crippen LogP contribution in [-0.2, 0) is 0 Å². The summed E-state index contributed by atoms with van der Waals surface area (Å²) in [7, 11) is 0. The zero-order valence-corrected chi connectivity index (χ0v) is 8.96. The van der Waals surface area contributed by atoms with Crippen LogP contribution >= 0.6 is 0 Å². The maximum Gasteiger partial charge on any atom is 0.125 e. The van der Waals surface area contributed by atoms with Crippen molar-refractivity contribution in [3.05, 3.63) is 35.1 Å². The summed E-state index contributed by atoms with van der Waals surface area (Å²) in [6.45, 7) is 0.667. The van der Waals surface area contributed by atoms with Crippen LogP contribution in [0.15, 0.2) is 18.2 Å². The Hall–Kier alpha value is -1.84. The summed E-state index contributed by atoms with van der Waals surface area (Å²) in [5.41, 5.74) is 6.19. The molecule has 0 aromatic heterocycles. The smallest absolute Gasteiger partial charge is 0.125 e. The van der Waals surface area contributed by atoms with E-state index in [0.29, 0.717) is 17.7 Å². The molecule has 0 saturated heterocycles. The molecule has 1 rings (SSSR count). The highest BCUT2D eigenvalue weighted by Crippen LogP contribution is 2.07. The number of halogens is 1. The van der Waals surface area contributed by atoms with Gasteiger partial charge in [0.15, 0.2) is 0 Å². The monoisotopic (exact) mass is 216 g/mol. The van der Waals surface area contributed by atoms with Crippen molar-refractivity contribution >= 4 is 0 Å². The van der Waals surface area contributed by atoms with Gasteiger partial charge in [0.2, 0.25) is 0 Å². The average molecular weight is 216 g/mol. The van der Waals surface area contributed by atoms with Crippen LogP contribution in [0, 0.1) is 29.0 Å². The lowest BCUT2D eigenvalue weighted by atomic mass is 10.1. The lowest BCUT2D eigenvalue weighted by Gasteiger charge is -1.93. The highest BCUT2D eigenvalue weighted by molar-refractivity contribution is 5.41. The van der Waals surface area contributed by atoms with Gasteiger partial charge in [0.1, 0.15) is 5.82 Å². The van der Waals surface area contributed by atoms with Crippen LogP contribution < -0.4 is 5.73 Å². The van der Waals surface area contributed by atoms with Gasteiger partial charge >= 0.3 is 0 Å². The molecule has 0 amide bonds. The number of nitrogens with two attached hydrogens (primary N) is 1. The van der Waals surface area contributed by atoms with E-state index in [2.05, 4.69) is 11.8 Å². The Morgan fingerprint density at radius 3 is 2.62 bits per heavy atom. The van der Waals surface area contributed by atoms with Crippen LogP contribution in [0.1, 0.15) is 30.4 Å². The fraction of sp³-hybridized carbons (Fsp3) is 0.308. The van der Waals surface area contributed by atoms with Crippen LogP contribution in [0.5, 0.6) is 0 Å². The minimum absolute atomic E-state index is 0.297. The van der Waals surface area contributed by atoms with Gasteiger partial charge in [0.05, 0.1) is 11.6 Å². The van der Waals surface area contributed by atoms with Gasteiger partial charge in [-0.3, -0.25) is 0 Å². The molecule has 3 heteroatoms. The molecule has 1 aromatic rings. The van der Waals surface area contributed by atoms with Gasteiger partial charge in [0, 0.05) is 12.0 Å². The van der Waals surface area contributed by atoms with Crippen LogP contribution in [-0.4, -0.2) is 6.54 Å². The van der Waals surface area contributed by atoms with E-state index in [4.69, 9.17) is 11.0 Å². The number of hydrogen-bond donors (Lipinski definition) is 1. The lowest BCUT2D eigenvalue weighted by Crippen LogP contribution is -1.96. The van der Waals surface area contributed by atoms with Crippen LogP contribution in [0.2, 0.25) is 0 Å². The molecule has 0 aliphatic rings. The van der Waals surface area contributed by atoms with Gasteiger partial charge in [-0.15, -0.1) is 0 Å². The Balaban J connectivity index is 2.66. The first kappa shape index (κ1) is 12.2. The summed E-state index contributed by atoms with van der Waals surface area (Å²) in [4.78, 5) is 0. The Kier molecular flexibility index (Phi) is 5.05. The molecule has 0 heterocycles. The average Bonchev–Trinajstić information content (AvgIpc) is 2.28. The van der Waals surface area contributed by atoms with Gasteiger partial charge < -0.3 is 5.73 Å². The molecule has 2 N–H and O–H groups in total. The first-order chi connectivity index (χ1) is 7.76. The van der Waals surface area contributed by atoms with Crippen molar-refractivity contribution in [3.8, 4) is 17.9 Å². The molecular weight excluding hydrogens is 203 g/mol. The van der Waals surface area contributed by atoms with Crippen molar-refractivity contribution in [2.45, 2.75) is 19.3 Å². The van der Waals surface area contributed by atoms with E-state index in [9.17, 15) is 4.39 Å². The van der Waals surface area contributed by atoms with Crippen LogP contribution in [0.4, 0.5) is 4.39 Å². The van der Waals surface area contributed by atoms with E-state index >= 15 is 0 Å². The van der Waals surface area contributed by atoms with E-state index in [1.54, 1.807) is 6.07 Å². The lowest BCUT2D eigenvalue weighted by molar-refractivity contribution is 0.627. The highest BCUT2D eigenvalue weighted by atomic mass is 19.1. The molecule has 0 unspecified atom stereocenters. The third-order valence-electron chi connectivity index (χ3n) is 2.02. The summed E-state index contributed by atoms with van der Waals surface area (Å²) in [5.74, 6) is 5.34. The summed E-state index contributed by atoms with van der Waals surface area (Å²) in [6, 6.07) is 6.00. The molecule has 0 aliphatic carbocycles. The fourth-order valence-corrected chi connectivity index (χ4v) is 1.25. The first-order valence-corrected chi connectivity index (χ1v) is 5.16.